The van der Waals surface area contributed by atoms with Crippen molar-refractivity contribution in [2.45, 2.75) is 44.8 Å². The van der Waals surface area contributed by atoms with Crippen molar-refractivity contribution in [1.82, 2.24) is 4.98 Å². The van der Waals surface area contributed by atoms with Crippen molar-refractivity contribution < 1.29 is 13.2 Å². The van der Waals surface area contributed by atoms with E-state index in [0.717, 1.165) is 31.5 Å². The second-order valence-electron chi connectivity index (χ2n) is 4.06. The van der Waals surface area contributed by atoms with E-state index < -0.39 is 17.8 Å². The predicted octanol–water partition coefficient (Wildman–Crippen LogP) is 3.68. The van der Waals surface area contributed by atoms with Gasteiger partial charge in [-0.2, -0.15) is 13.2 Å². The SMILES string of the molecule is CCCCCC(N)c1cnccc1C(F)(F)F. The highest BCUT2D eigenvalue weighted by atomic mass is 19.4. The maximum atomic E-state index is 12.7. The average Bonchev–Trinajstić information content (AvgIpc) is 2.28. The predicted molar refractivity (Wildman–Crippen MR) is 60.3 cm³/mol. The molecule has 17 heavy (non-hydrogen) atoms. The van der Waals surface area contributed by atoms with Crippen LogP contribution in [0.15, 0.2) is 18.5 Å². The Balaban J connectivity index is 2.82. The number of rotatable bonds is 5. The molecule has 0 amide bonds. The van der Waals surface area contributed by atoms with Gasteiger partial charge in [-0.3, -0.25) is 4.98 Å². The Hall–Kier alpha value is -1.10. The zero-order valence-electron chi connectivity index (χ0n) is 9.80. The largest absolute Gasteiger partial charge is 0.416 e. The van der Waals surface area contributed by atoms with Crippen LogP contribution >= 0.6 is 0 Å². The fraction of sp³-hybridized carbons (Fsp3) is 0.583. The number of nitrogens with two attached hydrogens (primary N) is 1. The van der Waals surface area contributed by atoms with Gasteiger partial charge in [0.2, 0.25) is 0 Å². The lowest BCUT2D eigenvalue weighted by Gasteiger charge is -2.17. The number of unbranched alkanes of at least 4 members (excludes halogenated alkanes) is 2. The van der Waals surface area contributed by atoms with Crippen LogP contribution in [0.1, 0.15) is 49.8 Å². The van der Waals surface area contributed by atoms with Crippen LogP contribution < -0.4 is 5.73 Å². The zero-order valence-corrected chi connectivity index (χ0v) is 9.80. The molecular weight excluding hydrogens is 229 g/mol. The molecule has 5 heteroatoms. The quantitative estimate of drug-likeness (QED) is 0.805. The van der Waals surface area contributed by atoms with Crippen molar-refractivity contribution in [3.8, 4) is 0 Å². The average molecular weight is 246 g/mol. The number of aromatic nitrogens is 1. The van der Waals surface area contributed by atoms with Crippen molar-refractivity contribution in [2.75, 3.05) is 0 Å². The molecule has 2 nitrogen and oxygen atoms in total. The molecule has 1 rings (SSSR count). The number of pyridine rings is 1. The minimum absolute atomic E-state index is 0.0936. The number of nitrogens with zero attached hydrogens (tertiary/aromatic N) is 1. The van der Waals surface area contributed by atoms with E-state index in [1.54, 1.807) is 0 Å². The Morgan fingerprint density at radius 2 is 2.06 bits per heavy atom. The highest BCUT2D eigenvalue weighted by Gasteiger charge is 2.34. The van der Waals surface area contributed by atoms with Gasteiger partial charge in [-0.15, -0.1) is 0 Å². The van der Waals surface area contributed by atoms with E-state index in [1.807, 2.05) is 6.92 Å². The van der Waals surface area contributed by atoms with Crippen LogP contribution in [-0.2, 0) is 6.18 Å². The number of hydrogen-bond donors (Lipinski definition) is 1. The Kier molecular flexibility index (Phi) is 4.93. The van der Waals surface area contributed by atoms with Gasteiger partial charge in [-0.05, 0) is 18.1 Å². The smallest absolute Gasteiger partial charge is 0.324 e. The minimum Gasteiger partial charge on any atom is -0.324 e. The van der Waals surface area contributed by atoms with Crippen molar-refractivity contribution in [3.63, 3.8) is 0 Å². The number of alkyl halides is 3. The van der Waals surface area contributed by atoms with Crippen LogP contribution in [0, 0.1) is 0 Å². The summed E-state index contributed by atoms with van der Waals surface area (Å²) in [6.07, 6.45) is 1.40. The van der Waals surface area contributed by atoms with Crippen molar-refractivity contribution >= 4 is 0 Å². The summed E-state index contributed by atoms with van der Waals surface area (Å²) in [5.74, 6) is 0. The summed E-state index contributed by atoms with van der Waals surface area (Å²) in [6, 6.07) is 0.390. The molecular formula is C12H17F3N2. The van der Waals surface area contributed by atoms with E-state index in [4.69, 9.17) is 5.73 Å². The van der Waals surface area contributed by atoms with Gasteiger partial charge in [-0.1, -0.05) is 26.2 Å². The first kappa shape index (κ1) is 14.0. The lowest BCUT2D eigenvalue weighted by Crippen LogP contribution is -2.17. The maximum Gasteiger partial charge on any atom is 0.416 e. The standard InChI is InChI=1S/C12H17F3N2/c1-2-3-4-5-11(16)9-8-17-7-6-10(9)12(13,14)15/h6-8,11H,2-5,16H2,1H3. The van der Waals surface area contributed by atoms with Gasteiger partial charge in [0.1, 0.15) is 0 Å². The van der Waals surface area contributed by atoms with Crippen molar-refractivity contribution in [1.29, 1.82) is 0 Å². The highest BCUT2D eigenvalue weighted by molar-refractivity contribution is 5.28. The van der Waals surface area contributed by atoms with Crippen LogP contribution in [0.2, 0.25) is 0 Å². The van der Waals surface area contributed by atoms with Crippen molar-refractivity contribution in [2.24, 2.45) is 5.73 Å². The van der Waals surface area contributed by atoms with E-state index in [-0.39, 0.29) is 5.56 Å². The third kappa shape index (κ3) is 4.00. The van der Waals surface area contributed by atoms with Crippen LogP contribution in [0.25, 0.3) is 0 Å². The molecule has 1 atom stereocenters. The molecule has 0 bridgehead atoms. The molecule has 96 valence electrons. The first-order chi connectivity index (χ1) is 7.96. The molecule has 2 N–H and O–H groups in total. The van der Waals surface area contributed by atoms with Crippen LogP contribution in [0.4, 0.5) is 13.2 Å². The molecule has 1 aromatic rings. The Morgan fingerprint density at radius 1 is 1.35 bits per heavy atom. The zero-order chi connectivity index (χ0) is 12.9. The molecule has 0 fully saturated rings. The fourth-order valence-electron chi connectivity index (χ4n) is 1.73. The lowest BCUT2D eigenvalue weighted by molar-refractivity contribution is -0.138. The van der Waals surface area contributed by atoms with Crippen molar-refractivity contribution in [3.05, 3.63) is 29.6 Å². The third-order valence-corrected chi connectivity index (χ3v) is 2.68. The second kappa shape index (κ2) is 6.00. The molecule has 1 unspecified atom stereocenters. The van der Waals surface area contributed by atoms with E-state index in [0.29, 0.717) is 6.42 Å². The van der Waals surface area contributed by atoms with Crippen LogP contribution in [-0.4, -0.2) is 4.98 Å². The van der Waals surface area contributed by atoms with Gasteiger partial charge in [-0.25, -0.2) is 0 Å². The monoisotopic (exact) mass is 246 g/mol. The second-order valence-corrected chi connectivity index (χ2v) is 4.06. The van der Waals surface area contributed by atoms with Gasteiger partial charge in [0.15, 0.2) is 0 Å². The van der Waals surface area contributed by atoms with Gasteiger partial charge in [0, 0.05) is 18.4 Å². The molecule has 0 aromatic carbocycles. The number of hydrogen-bond acceptors (Lipinski definition) is 2. The fourth-order valence-corrected chi connectivity index (χ4v) is 1.73. The molecule has 0 radical (unpaired) electrons. The Labute approximate surface area is 99.0 Å². The van der Waals surface area contributed by atoms with Gasteiger partial charge in [0.05, 0.1) is 5.56 Å². The molecule has 0 aliphatic rings. The van der Waals surface area contributed by atoms with Gasteiger partial charge >= 0.3 is 6.18 Å². The summed E-state index contributed by atoms with van der Waals surface area (Å²) in [6.45, 7) is 2.04. The summed E-state index contributed by atoms with van der Waals surface area (Å²) >= 11 is 0. The summed E-state index contributed by atoms with van der Waals surface area (Å²) in [5, 5.41) is 0. The van der Waals surface area contributed by atoms with E-state index in [2.05, 4.69) is 4.98 Å². The molecule has 0 saturated heterocycles. The molecule has 0 spiro atoms. The summed E-state index contributed by atoms with van der Waals surface area (Å²) in [5.41, 5.74) is 5.22. The maximum absolute atomic E-state index is 12.7. The molecule has 0 aliphatic carbocycles. The van der Waals surface area contributed by atoms with E-state index in [1.165, 1.54) is 6.20 Å². The lowest BCUT2D eigenvalue weighted by atomic mass is 9.98. The molecule has 1 aromatic heterocycles. The number of halogens is 3. The summed E-state index contributed by atoms with van der Waals surface area (Å²) in [7, 11) is 0. The molecule has 1 heterocycles. The van der Waals surface area contributed by atoms with E-state index in [9.17, 15) is 13.2 Å². The molecule has 0 saturated carbocycles. The van der Waals surface area contributed by atoms with Gasteiger partial charge < -0.3 is 5.73 Å². The van der Waals surface area contributed by atoms with E-state index >= 15 is 0 Å². The highest BCUT2D eigenvalue weighted by Crippen LogP contribution is 2.34. The molecule has 0 aliphatic heterocycles. The van der Waals surface area contributed by atoms with Gasteiger partial charge in [0.25, 0.3) is 0 Å². The Bertz CT molecular complexity index is 350. The first-order valence-electron chi connectivity index (χ1n) is 5.73. The minimum atomic E-state index is -4.36. The first-order valence-corrected chi connectivity index (χ1v) is 5.73. The Morgan fingerprint density at radius 3 is 2.65 bits per heavy atom. The van der Waals surface area contributed by atoms with Crippen LogP contribution in [0.3, 0.4) is 0 Å². The van der Waals surface area contributed by atoms with Crippen LogP contribution in [0.5, 0.6) is 0 Å². The summed E-state index contributed by atoms with van der Waals surface area (Å²) in [4.78, 5) is 3.73. The summed E-state index contributed by atoms with van der Waals surface area (Å²) < 4.78 is 38.1. The topological polar surface area (TPSA) is 38.9 Å². The third-order valence-electron chi connectivity index (χ3n) is 2.68. The normalized spacial score (nSPS) is 13.7.